The second-order valence-corrected chi connectivity index (χ2v) is 3.13. The second kappa shape index (κ2) is 3.40. The summed E-state index contributed by atoms with van der Waals surface area (Å²) in [6.07, 6.45) is 4.19. The third kappa shape index (κ3) is 1.43. The van der Waals surface area contributed by atoms with Crippen LogP contribution in [0.1, 0.15) is 6.42 Å². The predicted molar refractivity (Wildman–Crippen MR) is 46.7 cm³/mol. The van der Waals surface area contributed by atoms with Gasteiger partial charge in [0.2, 0.25) is 0 Å². The van der Waals surface area contributed by atoms with Crippen LogP contribution in [0, 0.1) is 0 Å². The highest BCUT2D eigenvalue weighted by atomic mass is 16.5. The molecule has 0 aromatic carbocycles. The third-order valence-electron chi connectivity index (χ3n) is 2.30. The molecule has 2 unspecified atom stereocenters. The average Bonchev–Trinajstić information content (AvgIpc) is 2.59. The molecule has 0 aromatic heterocycles. The third-order valence-corrected chi connectivity index (χ3v) is 2.30. The van der Waals surface area contributed by atoms with E-state index in [0.717, 1.165) is 17.8 Å². The van der Waals surface area contributed by atoms with Gasteiger partial charge in [-0.1, -0.05) is 0 Å². The van der Waals surface area contributed by atoms with Gasteiger partial charge in [-0.25, -0.2) is 0 Å². The highest BCUT2D eigenvalue weighted by Gasteiger charge is 2.30. The van der Waals surface area contributed by atoms with Crippen LogP contribution >= 0.6 is 0 Å². The molecular formula is C9H13NO3. The van der Waals surface area contributed by atoms with Crippen LogP contribution < -0.4 is 5.32 Å². The van der Waals surface area contributed by atoms with Crippen molar-refractivity contribution < 1.29 is 14.6 Å². The molecule has 2 N–H and O–H groups in total. The lowest BCUT2D eigenvalue weighted by molar-refractivity contribution is 0.0849. The van der Waals surface area contributed by atoms with Crippen molar-refractivity contribution in [1.82, 2.24) is 5.32 Å². The summed E-state index contributed by atoms with van der Waals surface area (Å²) in [5.74, 6) is 0.838. The zero-order chi connectivity index (χ0) is 9.26. The Morgan fingerprint density at radius 3 is 3.31 bits per heavy atom. The Bertz CT molecular complexity index is 260. The van der Waals surface area contributed by atoms with Crippen LogP contribution in [-0.4, -0.2) is 31.2 Å². The Kier molecular flexibility index (Phi) is 2.24. The molecule has 0 bridgehead atoms. The molecule has 0 radical (unpaired) electrons. The lowest BCUT2D eigenvalue weighted by Crippen LogP contribution is -2.30. The molecule has 0 aromatic rings. The van der Waals surface area contributed by atoms with Crippen LogP contribution in [0.4, 0.5) is 0 Å². The molecule has 0 spiro atoms. The number of rotatable bonds is 2. The van der Waals surface area contributed by atoms with Crippen molar-refractivity contribution in [3.63, 3.8) is 0 Å². The van der Waals surface area contributed by atoms with E-state index >= 15 is 0 Å². The summed E-state index contributed by atoms with van der Waals surface area (Å²) in [4.78, 5) is 0. The summed E-state index contributed by atoms with van der Waals surface area (Å²) in [7, 11) is 1.65. The van der Waals surface area contributed by atoms with Crippen LogP contribution in [0.15, 0.2) is 23.6 Å². The molecule has 0 saturated carbocycles. The summed E-state index contributed by atoms with van der Waals surface area (Å²) < 4.78 is 10.7. The Morgan fingerprint density at radius 1 is 1.77 bits per heavy atom. The van der Waals surface area contributed by atoms with Crippen molar-refractivity contribution in [2.75, 3.05) is 13.7 Å². The second-order valence-electron chi connectivity index (χ2n) is 3.13. The van der Waals surface area contributed by atoms with Gasteiger partial charge < -0.3 is 19.9 Å². The van der Waals surface area contributed by atoms with E-state index in [9.17, 15) is 0 Å². The van der Waals surface area contributed by atoms with Crippen LogP contribution in [0.2, 0.25) is 0 Å². The van der Waals surface area contributed by atoms with Crippen molar-refractivity contribution in [3.05, 3.63) is 23.6 Å². The number of hydrogen-bond donors (Lipinski definition) is 2. The van der Waals surface area contributed by atoms with Gasteiger partial charge in [0, 0.05) is 25.3 Å². The summed E-state index contributed by atoms with van der Waals surface area (Å²) in [5.41, 5.74) is 1.09. The topological polar surface area (TPSA) is 50.7 Å². The normalized spacial score (nSPS) is 31.2. The quantitative estimate of drug-likeness (QED) is 0.638. The number of aliphatic hydroxyl groups excluding tert-OH is 1. The fraction of sp³-hybridized carbons (Fsp3) is 0.556. The molecule has 2 rings (SSSR count). The molecule has 0 aliphatic carbocycles. The van der Waals surface area contributed by atoms with Crippen molar-refractivity contribution in [1.29, 1.82) is 0 Å². The number of ether oxygens (including phenoxy) is 2. The molecule has 2 aliphatic rings. The van der Waals surface area contributed by atoms with E-state index in [1.807, 2.05) is 6.08 Å². The molecular weight excluding hydrogens is 170 g/mol. The SMILES string of the molecule is COC1NC=CC2=C1CC(CO)O2. The first-order valence-corrected chi connectivity index (χ1v) is 4.31. The summed E-state index contributed by atoms with van der Waals surface area (Å²) >= 11 is 0. The smallest absolute Gasteiger partial charge is 0.153 e. The predicted octanol–water partition coefficient (Wildman–Crippen LogP) is 0.111. The minimum absolute atomic E-state index is 0.0529. The number of dihydropyridines is 1. The maximum Gasteiger partial charge on any atom is 0.153 e. The first-order valence-electron chi connectivity index (χ1n) is 4.31. The van der Waals surface area contributed by atoms with Gasteiger partial charge in [-0.05, 0) is 6.08 Å². The fourth-order valence-corrected chi connectivity index (χ4v) is 1.65. The average molecular weight is 183 g/mol. The van der Waals surface area contributed by atoms with Crippen molar-refractivity contribution in [3.8, 4) is 0 Å². The van der Waals surface area contributed by atoms with E-state index in [1.165, 1.54) is 0 Å². The highest BCUT2D eigenvalue weighted by molar-refractivity contribution is 5.31. The minimum atomic E-state index is -0.104. The van der Waals surface area contributed by atoms with Gasteiger partial charge in [-0.15, -0.1) is 0 Å². The molecule has 0 saturated heterocycles. The Morgan fingerprint density at radius 2 is 2.62 bits per heavy atom. The van der Waals surface area contributed by atoms with Gasteiger partial charge in [0.25, 0.3) is 0 Å². The summed E-state index contributed by atoms with van der Waals surface area (Å²) in [6.45, 7) is 0.0529. The maximum absolute atomic E-state index is 8.94. The molecule has 4 heteroatoms. The van der Waals surface area contributed by atoms with Gasteiger partial charge in [-0.3, -0.25) is 0 Å². The van der Waals surface area contributed by atoms with E-state index in [1.54, 1.807) is 13.3 Å². The van der Waals surface area contributed by atoms with Gasteiger partial charge in [0.15, 0.2) is 6.23 Å². The van der Waals surface area contributed by atoms with E-state index in [0.29, 0.717) is 0 Å². The zero-order valence-electron chi connectivity index (χ0n) is 7.49. The van der Waals surface area contributed by atoms with E-state index < -0.39 is 0 Å². The number of aliphatic hydroxyl groups is 1. The Labute approximate surface area is 76.8 Å². The first kappa shape index (κ1) is 8.59. The Hall–Kier alpha value is -1.00. The summed E-state index contributed by atoms with van der Waals surface area (Å²) in [5, 5.41) is 12.0. The van der Waals surface area contributed by atoms with Crippen molar-refractivity contribution >= 4 is 0 Å². The number of hydrogen-bond acceptors (Lipinski definition) is 4. The van der Waals surface area contributed by atoms with E-state index in [2.05, 4.69) is 5.32 Å². The van der Waals surface area contributed by atoms with Gasteiger partial charge >= 0.3 is 0 Å². The number of nitrogens with one attached hydrogen (secondary N) is 1. The van der Waals surface area contributed by atoms with Crippen LogP contribution in [-0.2, 0) is 9.47 Å². The number of allylic oxidation sites excluding steroid dienone is 1. The van der Waals surface area contributed by atoms with Gasteiger partial charge in [-0.2, -0.15) is 0 Å². The Balaban J connectivity index is 2.14. The van der Waals surface area contributed by atoms with Crippen LogP contribution in [0.5, 0.6) is 0 Å². The maximum atomic E-state index is 8.94. The molecule has 2 aliphatic heterocycles. The van der Waals surface area contributed by atoms with Crippen LogP contribution in [0.25, 0.3) is 0 Å². The standard InChI is InChI=1S/C9H13NO3/c1-12-9-7-4-6(5-11)13-8(7)2-3-10-9/h2-3,6,9-11H,4-5H2,1H3. The first-order chi connectivity index (χ1) is 6.35. The molecule has 0 fully saturated rings. The number of methoxy groups -OCH3 is 1. The van der Waals surface area contributed by atoms with Gasteiger partial charge in [0.05, 0.1) is 6.61 Å². The largest absolute Gasteiger partial charge is 0.488 e. The van der Waals surface area contributed by atoms with Crippen LogP contribution in [0.3, 0.4) is 0 Å². The molecule has 72 valence electrons. The van der Waals surface area contributed by atoms with Gasteiger partial charge in [0.1, 0.15) is 11.9 Å². The molecule has 2 heterocycles. The summed E-state index contributed by atoms with van der Waals surface area (Å²) in [6, 6.07) is 0. The lowest BCUT2D eigenvalue weighted by Gasteiger charge is -2.19. The zero-order valence-corrected chi connectivity index (χ0v) is 7.49. The van der Waals surface area contributed by atoms with E-state index in [-0.39, 0.29) is 18.9 Å². The molecule has 2 atom stereocenters. The van der Waals surface area contributed by atoms with Crippen molar-refractivity contribution in [2.24, 2.45) is 0 Å². The fourth-order valence-electron chi connectivity index (χ4n) is 1.65. The monoisotopic (exact) mass is 183 g/mol. The molecule has 13 heavy (non-hydrogen) atoms. The van der Waals surface area contributed by atoms with Crippen molar-refractivity contribution in [2.45, 2.75) is 18.8 Å². The van der Waals surface area contributed by atoms with E-state index in [4.69, 9.17) is 14.6 Å². The molecule has 4 nitrogen and oxygen atoms in total. The lowest BCUT2D eigenvalue weighted by atomic mass is 10.1. The minimum Gasteiger partial charge on any atom is -0.488 e. The molecule has 0 amide bonds. The highest BCUT2D eigenvalue weighted by Crippen LogP contribution is 2.30.